The predicted octanol–water partition coefficient (Wildman–Crippen LogP) is 1.14. The van der Waals surface area contributed by atoms with Crippen molar-refractivity contribution in [2.24, 2.45) is 0 Å². The van der Waals surface area contributed by atoms with Crippen molar-refractivity contribution in [3.63, 3.8) is 0 Å². The van der Waals surface area contributed by atoms with E-state index >= 15 is 0 Å². The molecule has 0 atom stereocenters. The van der Waals surface area contributed by atoms with Crippen LogP contribution in [0.25, 0.3) is 0 Å². The molecule has 1 aliphatic heterocycles. The highest BCUT2D eigenvalue weighted by Crippen LogP contribution is 2.38. The number of nitrogens with zero attached hydrogens (tertiary/aromatic N) is 4. The topological polar surface area (TPSA) is 84.4 Å². The Morgan fingerprint density at radius 2 is 2.05 bits per heavy atom. The molecule has 0 aromatic carbocycles. The zero-order valence-electron chi connectivity index (χ0n) is 10.4. The van der Waals surface area contributed by atoms with Gasteiger partial charge in [0, 0.05) is 13.1 Å². The van der Waals surface area contributed by atoms with Gasteiger partial charge in [-0.25, -0.2) is 0 Å². The van der Waals surface area contributed by atoms with E-state index < -0.39 is 29.5 Å². The van der Waals surface area contributed by atoms with Gasteiger partial charge >= 0.3 is 12.0 Å². The molecule has 0 amide bonds. The second-order valence-electron chi connectivity index (χ2n) is 4.73. The van der Waals surface area contributed by atoms with Gasteiger partial charge in [-0.2, -0.15) is 13.2 Å². The molecule has 7 nitrogen and oxygen atoms in total. The number of likely N-dealkylation sites (tertiary alicyclic amines) is 1. The Morgan fingerprint density at radius 1 is 1.45 bits per heavy atom. The molecular weight excluding hydrogens is 281 g/mol. The van der Waals surface area contributed by atoms with Gasteiger partial charge in [-0.05, 0) is 17.8 Å². The maximum Gasteiger partial charge on any atom is 0.417 e. The van der Waals surface area contributed by atoms with E-state index in [2.05, 4.69) is 5.10 Å². The Labute approximate surface area is 111 Å². The number of hydrogen-bond acceptors (Lipinski definition) is 5. The summed E-state index contributed by atoms with van der Waals surface area (Å²) in [6.07, 6.45) is -4.30. The van der Waals surface area contributed by atoms with Crippen molar-refractivity contribution in [1.82, 2.24) is 14.7 Å². The lowest BCUT2D eigenvalue weighted by molar-refractivity contribution is -0.393. The first-order chi connectivity index (χ1) is 9.23. The molecule has 2 rings (SSSR count). The third kappa shape index (κ3) is 2.75. The second-order valence-corrected chi connectivity index (χ2v) is 4.73. The van der Waals surface area contributed by atoms with Gasteiger partial charge < -0.3 is 15.2 Å². The van der Waals surface area contributed by atoms with E-state index in [1.54, 1.807) is 4.90 Å². The minimum absolute atomic E-state index is 0.00692. The average Bonchev–Trinajstić information content (AvgIpc) is 2.79. The van der Waals surface area contributed by atoms with E-state index in [0.717, 1.165) is 4.68 Å². The lowest BCUT2D eigenvalue weighted by Crippen LogP contribution is -2.53. The minimum atomic E-state index is -4.66. The van der Waals surface area contributed by atoms with Crippen LogP contribution in [0.2, 0.25) is 0 Å². The highest BCUT2D eigenvalue weighted by molar-refractivity contribution is 5.16. The summed E-state index contributed by atoms with van der Waals surface area (Å²) in [7, 11) is 0. The number of rotatable bonds is 3. The van der Waals surface area contributed by atoms with Gasteiger partial charge in [0.2, 0.25) is 0 Å². The largest absolute Gasteiger partial charge is 0.417 e. The summed E-state index contributed by atoms with van der Waals surface area (Å²) in [6.45, 7) is 0.0112. The molecule has 20 heavy (non-hydrogen) atoms. The standard InChI is InChI=1S/C10H13F3N4O3/c11-10(12,13)9(18)2-5-15(6-3-9)7-16-8(17(19)20)1-4-14-16/h1,4,18H,2-3,5-7H2. The maximum absolute atomic E-state index is 12.6. The average molecular weight is 294 g/mol. The van der Waals surface area contributed by atoms with E-state index in [9.17, 15) is 28.4 Å². The van der Waals surface area contributed by atoms with E-state index in [4.69, 9.17) is 0 Å². The Bertz CT molecular complexity index is 494. The molecule has 1 saturated heterocycles. The van der Waals surface area contributed by atoms with Crippen molar-refractivity contribution in [1.29, 1.82) is 0 Å². The fraction of sp³-hybridized carbons (Fsp3) is 0.700. The number of aliphatic hydroxyl groups is 1. The number of aromatic nitrogens is 2. The van der Waals surface area contributed by atoms with Crippen LogP contribution in [0, 0.1) is 10.1 Å². The molecule has 112 valence electrons. The molecule has 0 aliphatic carbocycles. The normalized spacial score (nSPS) is 20.0. The highest BCUT2D eigenvalue weighted by Gasteiger charge is 2.54. The van der Waals surface area contributed by atoms with Crippen LogP contribution in [0.3, 0.4) is 0 Å². The fourth-order valence-electron chi connectivity index (χ4n) is 2.13. The van der Waals surface area contributed by atoms with Gasteiger partial charge in [0.1, 0.15) is 0 Å². The van der Waals surface area contributed by atoms with Crippen LogP contribution in [-0.2, 0) is 6.67 Å². The summed E-state index contributed by atoms with van der Waals surface area (Å²) in [5.41, 5.74) is -2.67. The monoisotopic (exact) mass is 294 g/mol. The number of piperidine rings is 1. The summed E-state index contributed by atoms with van der Waals surface area (Å²) in [5.74, 6) is -0.221. The molecule has 1 N–H and O–H groups in total. The van der Waals surface area contributed by atoms with Crippen molar-refractivity contribution < 1.29 is 23.2 Å². The Kier molecular flexibility index (Phi) is 3.69. The lowest BCUT2D eigenvalue weighted by Gasteiger charge is -2.38. The van der Waals surface area contributed by atoms with E-state index in [1.807, 2.05) is 0 Å². The number of alkyl halides is 3. The fourth-order valence-corrected chi connectivity index (χ4v) is 2.13. The van der Waals surface area contributed by atoms with Crippen LogP contribution in [0.15, 0.2) is 12.3 Å². The minimum Gasteiger partial charge on any atom is -0.380 e. The molecule has 1 fully saturated rings. The van der Waals surface area contributed by atoms with Crippen LogP contribution >= 0.6 is 0 Å². The van der Waals surface area contributed by atoms with Gasteiger partial charge in [-0.1, -0.05) is 5.10 Å². The third-order valence-corrected chi connectivity index (χ3v) is 3.43. The highest BCUT2D eigenvalue weighted by atomic mass is 19.4. The van der Waals surface area contributed by atoms with Crippen molar-refractivity contribution >= 4 is 5.82 Å². The van der Waals surface area contributed by atoms with Gasteiger partial charge in [-0.3, -0.25) is 4.90 Å². The maximum atomic E-state index is 12.6. The molecule has 0 radical (unpaired) electrons. The van der Waals surface area contributed by atoms with Crippen molar-refractivity contribution in [2.45, 2.75) is 31.3 Å². The summed E-state index contributed by atoms with van der Waals surface area (Å²) in [6, 6.07) is 1.22. The number of halogens is 3. The molecule has 0 unspecified atom stereocenters. The van der Waals surface area contributed by atoms with Crippen LogP contribution in [0.1, 0.15) is 12.8 Å². The van der Waals surface area contributed by atoms with Gasteiger partial charge in [-0.15, -0.1) is 4.68 Å². The zero-order chi connectivity index (χ0) is 15.0. The van der Waals surface area contributed by atoms with Crippen LogP contribution in [0.5, 0.6) is 0 Å². The first-order valence-electron chi connectivity index (χ1n) is 5.91. The molecule has 1 aliphatic rings. The predicted molar refractivity (Wildman–Crippen MR) is 60.7 cm³/mol. The van der Waals surface area contributed by atoms with Crippen molar-refractivity contribution in [3.8, 4) is 0 Å². The molecule has 10 heteroatoms. The Balaban J connectivity index is 1.98. The summed E-state index contributed by atoms with van der Waals surface area (Å²) in [4.78, 5) is 11.7. The SMILES string of the molecule is O=[N+]([O-])c1ccnn1CN1CCC(O)(C(F)(F)F)CC1. The summed E-state index contributed by atoms with van der Waals surface area (Å²) in [5, 5.41) is 24.0. The smallest absolute Gasteiger partial charge is 0.380 e. The summed E-state index contributed by atoms with van der Waals surface area (Å²) >= 11 is 0. The lowest BCUT2D eigenvalue weighted by atomic mass is 9.91. The Morgan fingerprint density at radius 3 is 2.55 bits per heavy atom. The van der Waals surface area contributed by atoms with Gasteiger partial charge in [0.25, 0.3) is 0 Å². The van der Waals surface area contributed by atoms with Gasteiger partial charge in [0.15, 0.2) is 12.3 Å². The first kappa shape index (κ1) is 14.7. The number of hydrogen-bond donors (Lipinski definition) is 1. The molecule has 0 spiro atoms. The molecule has 2 heterocycles. The number of nitro groups is 1. The molecule has 1 aromatic rings. The molecule has 0 saturated carbocycles. The molecule has 0 bridgehead atoms. The van der Waals surface area contributed by atoms with Crippen molar-refractivity contribution in [2.75, 3.05) is 13.1 Å². The second kappa shape index (κ2) is 5.02. The van der Waals surface area contributed by atoms with Crippen LogP contribution in [-0.4, -0.2) is 49.6 Å². The van der Waals surface area contributed by atoms with Crippen molar-refractivity contribution in [3.05, 3.63) is 22.4 Å². The van der Waals surface area contributed by atoms with Crippen LogP contribution in [0.4, 0.5) is 19.0 Å². The molecule has 1 aromatic heterocycles. The third-order valence-electron chi connectivity index (χ3n) is 3.43. The van der Waals surface area contributed by atoms with E-state index in [0.29, 0.717) is 0 Å². The zero-order valence-corrected chi connectivity index (χ0v) is 10.4. The van der Waals surface area contributed by atoms with E-state index in [-0.39, 0.29) is 25.6 Å². The first-order valence-corrected chi connectivity index (χ1v) is 5.91. The quantitative estimate of drug-likeness (QED) is 0.667. The summed E-state index contributed by atoms with van der Waals surface area (Å²) < 4.78 is 39.0. The Hall–Kier alpha value is -1.68. The van der Waals surface area contributed by atoms with Crippen LogP contribution < -0.4 is 0 Å². The molecular formula is C10H13F3N4O3. The van der Waals surface area contributed by atoms with E-state index in [1.165, 1.54) is 12.3 Å². The van der Waals surface area contributed by atoms with Gasteiger partial charge in [0.05, 0.1) is 12.3 Å².